The minimum atomic E-state index is -3.74. The number of benzene rings is 2. The molecule has 1 heterocycles. The Bertz CT molecular complexity index is 1090. The molecule has 172 valence electrons. The number of carbonyl (C=O) groups excluding carboxylic acids is 2. The molecule has 0 radical (unpaired) electrons. The average Bonchev–Trinajstić information content (AvgIpc) is 2.77. The lowest BCUT2D eigenvalue weighted by Gasteiger charge is -2.31. The van der Waals surface area contributed by atoms with Crippen molar-refractivity contribution in [3.05, 3.63) is 63.6 Å². The van der Waals surface area contributed by atoms with E-state index in [0.717, 1.165) is 0 Å². The summed E-state index contributed by atoms with van der Waals surface area (Å²) in [5.41, 5.74) is 0.918. The van der Waals surface area contributed by atoms with Gasteiger partial charge in [-0.25, -0.2) is 17.5 Å². The molecular formula is C22H24Cl2N2O5S. The molecule has 7 nitrogen and oxygen atoms in total. The molecule has 10 heteroatoms. The lowest BCUT2D eigenvalue weighted by atomic mass is 9.98. The summed E-state index contributed by atoms with van der Waals surface area (Å²) < 4.78 is 32.4. The molecule has 0 aliphatic carbocycles. The van der Waals surface area contributed by atoms with Gasteiger partial charge in [0.25, 0.3) is 0 Å². The van der Waals surface area contributed by atoms with Crippen LogP contribution < -0.4 is 5.32 Å². The zero-order valence-corrected chi connectivity index (χ0v) is 19.8. The van der Waals surface area contributed by atoms with Crippen molar-refractivity contribution in [2.75, 3.05) is 25.0 Å². The summed E-state index contributed by atoms with van der Waals surface area (Å²) in [7, 11) is -3.74. The monoisotopic (exact) mass is 498 g/mol. The number of hydrogen-bond donors (Lipinski definition) is 1. The molecule has 2 aromatic rings. The first-order chi connectivity index (χ1) is 15.2. The standard InChI is InChI=1S/C22H24Cl2N2O5S/c1-2-31-22(28)16-8-3-4-11-20(16)25-21(27)15-7-6-12-26(13-15)32(29,30)14-17-18(23)9-5-10-19(17)24/h3-5,8-11,15H,2,6-7,12-14H2,1H3,(H,25,27). The topological polar surface area (TPSA) is 92.8 Å². The molecule has 1 aliphatic heterocycles. The second-order valence-electron chi connectivity index (χ2n) is 7.41. The van der Waals surface area contributed by atoms with Crippen molar-refractivity contribution in [3.63, 3.8) is 0 Å². The number of esters is 1. The molecule has 32 heavy (non-hydrogen) atoms. The third-order valence-electron chi connectivity index (χ3n) is 5.22. The molecule has 1 aliphatic rings. The molecule has 1 saturated heterocycles. The Hall–Kier alpha value is -2.13. The van der Waals surface area contributed by atoms with E-state index >= 15 is 0 Å². The van der Waals surface area contributed by atoms with E-state index in [1.807, 2.05) is 0 Å². The predicted molar refractivity (Wildman–Crippen MR) is 124 cm³/mol. The summed E-state index contributed by atoms with van der Waals surface area (Å²) in [6.45, 7) is 2.27. The van der Waals surface area contributed by atoms with Gasteiger partial charge in [0, 0.05) is 28.7 Å². The molecule has 1 atom stereocenters. The Labute approximate surface area is 197 Å². The van der Waals surface area contributed by atoms with Crippen molar-refractivity contribution in [2.45, 2.75) is 25.5 Å². The maximum absolute atomic E-state index is 13.0. The molecule has 0 bridgehead atoms. The lowest BCUT2D eigenvalue weighted by Crippen LogP contribution is -2.44. The van der Waals surface area contributed by atoms with E-state index in [0.29, 0.717) is 30.6 Å². The Morgan fingerprint density at radius 1 is 1.12 bits per heavy atom. The Morgan fingerprint density at radius 2 is 1.81 bits per heavy atom. The number of para-hydroxylation sites is 1. The highest BCUT2D eigenvalue weighted by Gasteiger charge is 2.33. The van der Waals surface area contributed by atoms with Gasteiger partial charge in [-0.15, -0.1) is 0 Å². The molecule has 1 fully saturated rings. The SMILES string of the molecule is CCOC(=O)c1ccccc1NC(=O)C1CCCN(S(=O)(=O)Cc2c(Cl)cccc2Cl)C1. The first-order valence-corrected chi connectivity index (χ1v) is 12.6. The number of carbonyl (C=O) groups is 2. The summed E-state index contributed by atoms with van der Waals surface area (Å²) in [4.78, 5) is 25.1. The predicted octanol–water partition coefficient (Wildman–Crippen LogP) is 4.35. The zero-order chi connectivity index (χ0) is 23.3. The van der Waals surface area contributed by atoms with Crippen molar-refractivity contribution >= 4 is 50.8 Å². The second kappa shape index (κ2) is 10.7. The van der Waals surface area contributed by atoms with E-state index < -0.39 is 21.9 Å². The van der Waals surface area contributed by atoms with E-state index in [2.05, 4.69) is 5.32 Å². The van der Waals surface area contributed by atoms with Crippen LogP contribution in [0.25, 0.3) is 0 Å². The molecule has 0 spiro atoms. The van der Waals surface area contributed by atoms with Crippen LogP contribution in [0.2, 0.25) is 10.0 Å². The average molecular weight is 499 g/mol. The number of nitrogens with zero attached hydrogens (tertiary/aromatic N) is 1. The maximum atomic E-state index is 13.0. The van der Waals surface area contributed by atoms with E-state index in [1.54, 1.807) is 49.4 Å². The second-order valence-corrected chi connectivity index (χ2v) is 10.2. The first kappa shape index (κ1) is 24.5. The summed E-state index contributed by atoms with van der Waals surface area (Å²) in [5.74, 6) is -1.79. The van der Waals surface area contributed by atoms with Crippen molar-refractivity contribution < 1.29 is 22.7 Å². The normalized spacial score (nSPS) is 17.0. The maximum Gasteiger partial charge on any atom is 0.340 e. The smallest absolute Gasteiger partial charge is 0.340 e. The van der Waals surface area contributed by atoms with Crippen molar-refractivity contribution in [3.8, 4) is 0 Å². The van der Waals surface area contributed by atoms with Crippen LogP contribution in [0, 0.1) is 5.92 Å². The molecule has 1 unspecified atom stereocenters. The molecule has 2 aromatic carbocycles. The number of nitrogens with one attached hydrogen (secondary N) is 1. The highest BCUT2D eigenvalue weighted by Crippen LogP contribution is 2.29. The minimum absolute atomic E-state index is 0.0395. The van der Waals surface area contributed by atoms with E-state index in [-0.39, 0.29) is 40.4 Å². The van der Waals surface area contributed by atoms with Gasteiger partial charge in [-0.1, -0.05) is 41.4 Å². The van der Waals surface area contributed by atoms with Gasteiger partial charge in [0.05, 0.1) is 29.5 Å². The number of anilines is 1. The number of hydrogen-bond acceptors (Lipinski definition) is 5. The van der Waals surface area contributed by atoms with Crippen molar-refractivity contribution in [1.29, 1.82) is 0 Å². The summed E-state index contributed by atoms with van der Waals surface area (Å²) in [6, 6.07) is 11.4. The van der Waals surface area contributed by atoms with Gasteiger partial charge in [-0.2, -0.15) is 0 Å². The summed E-state index contributed by atoms with van der Waals surface area (Å²) in [6.07, 6.45) is 1.07. The third kappa shape index (κ3) is 5.81. The highest BCUT2D eigenvalue weighted by atomic mass is 35.5. The van der Waals surface area contributed by atoms with Gasteiger partial charge in [0.2, 0.25) is 15.9 Å². The zero-order valence-electron chi connectivity index (χ0n) is 17.5. The number of ether oxygens (including phenoxy) is 1. The van der Waals surface area contributed by atoms with E-state index in [1.165, 1.54) is 4.31 Å². The molecular weight excluding hydrogens is 475 g/mol. The van der Waals surface area contributed by atoms with Gasteiger partial charge in [0.15, 0.2) is 0 Å². The molecule has 1 amide bonds. The summed E-state index contributed by atoms with van der Waals surface area (Å²) in [5, 5.41) is 3.32. The Morgan fingerprint density at radius 3 is 2.50 bits per heavy atom. The van der Waals surface area contributed by atoms with Gasteiger partial charge in [-0.05, 0) is 44.0 Å². The fourth-order valence-corrected chi connectivity index (χ4v) is 5.93. The lowest BCUT2D eigenvalue weighted by molar-refractivity contribution is -0.120. The van der Waals surface area contributed by atoms with Crippen molar-refractivity contribution in [1.82, 2.24) is 4.31 Å². The molecule has 1 N–H and O–H groups in total. The number of piperidine rings is 1. The van der Waals surface area contributed by atoms with Gasteiger partial charge in [0.1, 0.15) is 0 Å². The van der Waals surface area contributed by atoms with Crippen LogP contribution in [0.1, 0.15) is 35.7 Å². The number of sulfonamides is 1. The minimum Gasteiger partial charge on any atom is -0.462 e. The van der Waals surface area contributed by atoms with Crippen molar-refractivity contribution in [2.24, 2.45) is 5.92 Å². The van der Waals surface area contributed by atoms with Crippen LogP contribution >= 0.6 is 23.2 Å². The Kier molecular flexibility index (Phi) is 8.16. The van der Waals surface area contributed by atoms with Crippen LogP contribution in [0.15, 0.2) is 42.5 Å². The molecule has 0 aromatic heterocycles. The van der Waals surface area contributed by atoms with E-state index in [4.69, 9.17) is 27.9 Å². The Balaban J connectivity index is 1.72. The van der Waals surface area contributed by atoms with Crippen LogP contribution in [0.4, 0.5) is 5.69 Å². The van der Waals surface area contributed by atoms with Gasteiger partial charge < -0.3 is 10.1 Å². The number of amides is 1. The van der Waals surface area contributed by atoms with Crippen LogP contribution in [-0.2, 0) is 25.3 Å². The van der Waals surface area contributed by atoms with Gasteiger partial charge >= 0.3 is 5.97 Å². The molecule has 3 rings (SSSR count). The van der Waals surface area contributed by atoms with Crippen LogP contribution in [0.5, 0.6) is 0 Å². The number of halogens is 2. The van der Waals surface area contributed by atoms with E-state index in [9.17, 15) is 18.0 Å². The third-order valence-corrected chi connectivity index (χ3v) is 7.70. The van der Waals surface area contributed by atoms with Gasteiger partial charge in [-0.3, -0.25) is 4.79 Å². The number of rotatable bonds is 7. The fraction of sp³-hybridized carbons (Fsp3) is 0.364. The summed E-state index contributed by atoms with van der Waals surface area (Å²) >= 11 is 12.3. The quantitative estimate of drug-likeness (QED) is 0.572. The highest BCUT2D eigenvalue weighted by molar-refractivity contribution is 7.88. The van der Waals surface area contributed by atoms with Crippen LogP contribution in [-0.4, -0.2) is 44.3 Å². The fourth-order valence-electron chi connectivity index (χ4n) is 3.57. The largest absolute Gasteiger partial charge is 0.462 e. The van der Waals surface area contributed by atoms with Crippen LogP contribution in [0.3, 0.4) is 0 Å². The first-order valence-electron chi connectivity index (χ1n) is 10.2. The molecule has 0 saturated carbocycles.